The fourth-order valence-corrected chi connectivity index (χ4v) is 2.91. The number of rotatable bonds is 2. The highest BCUT2D eigenvalue weighted by atomic mass is 32.2. The van der Waals surface area contributed by atoms with E-state index in [0.29, 0.717) is 25.1 Å². The van der Waals surface area contributed by atoms with Crippen molar-refractivity contribution in [3.05, 3.63) is 30.3 Å². The van der Waals surface area contributed by atoms with Crippen molar-refractivity contribution in [2.75, 3.05) is 13.1 Å². The number of piperidine rings is 1. The second-order valence-corrected chi connectivity index (χ2v) is 6.33. The Labute approximate surface area is 112 Å². The smallest absolute Gasteiger partial charge is 0.410 e. The highest BCUT2D eigenvalue weighted by molar-refractivity contribution is 7.89. The predicted molar refractivity (Wildman–Crippen MR) is 70.2 cm³/mol. The van der Waals surface area contributed by atoms with Crippen molar-refractivity contribution in [3.8, 4) is 5.75 Å². The van der Waals surface area contributed by atoms with E-state index in [1.54, 1.807) is 24.3 Å². The number of nitrogens with two attached hydrogens (primary N) is 1. The van der Waals surface area contributed by atoms with Crippen LogP contribution >= 0.6 is 0 Å². The molecule has 0 aliphatic carbocycles. The Balaban J connectivity index is 2.00. The number of carbonyl (C=O) groups excluding carboxylic acids is 1. The van der Waals surface area contributed by atoms with E-state index in [1.807, 2.05) is 6.07 Å². The molecule has 1 saturated heterocycles. The molecule has 1 heterocycles. The molecule has 1 unspecified atom stereocenters. The normalized spacial score (nSPS) is 20.1. The molecule has 6 nitrogen and oxygen atoms in total. The van der Waals surface area contributed by atoms with Crippen molar-refractivity contribution in [1.29, 1.82) is 0 Å². The molecular formula is C12H16N2O4S. The molecule has 2 rings (SSSR count). The van der Waals surface area contributed by atoms with Crippen LogP contribution in [0.4, 0.5) is 4.79 Å². The molecule has 0 radical (unpaired) electrons. The first-order chi connectivity index (χ1) is 8.97. The quantitative estimate of drug-likeness (QED) is 0.875. The minimum atomic E-state index is -3.61. The molecule has 1 aromatic rings. The number of para-hydroxylation sites is 1. The van der Waals surface area contributed by atoms with Gasteiger partial charge in [-0.3, -0.25) is 0 Å². The summed E-state index contributed by atoms with van der Waals surface area (Å²) in [6.45, 7) is 0.572. The number of hydrogen-bond donors (Lipinski definition) is 1. The molecule has 2 N–H and O–H groups in total. The predicted octanol–water partition coefficient (Wildman–Crippen LogP) is 0.938. The van der Waals surface area contributed by atoms with Gasteiger partial charge in [-0.1, -0.05) is 18.2 Å². The summed E-state index contributed by atoms with van der Waals surface area (Å²) < 4.78 is 27.8. The Morgan fingerprint density at radius 1 is 1.32 bits per heavy atom. The highest BCUT2D eigenvalue weighted by Crippen LogP contribution is 2.17. The summed E-state index contributed by atoms with van der Waals surface area (Å²) in [5, 5.41) is 4.41. The fourth-order valence-electron chi connectivity index (χ4n) is 2.03. The van der Waals surface area contributed by atoms with Crippen LogP contribution in [0.15, 0.2) is 30.3 Å². The van der Waals surface area contributed by atoms with Crippen molar-refractivity contribution in [2.45, 2.75) is 18.1 Å². The summed E-state index contributed by atoms with van der Waals surface area (Å²) in [4.78, 5) is 13.3. The van der Waals surface area contributed by atoms with Crippen LogP contribution in [0.3, 0.4) is 0 Å². The molecule has 0 aromatic heterocycles. The summed E-state index contributed by atoms with van der Waals surface area (Å²) in [5.41, 5.74) is 0. The third kappa shape index (κ3) is 3.68. The second-order valence-electron chi connectivity index (χ2n) is 4.48. The summed E-state index contributed by atoms with van der Waals surface area (Å²) in [7, 11) is -3.61. The Bertz CT molecular complexity index is 544. The number of amides is 1. The van der Waals surface area contributed by atoms with Gasteiger partial charge in [0.2, 0.25) is 10.0 Å². The maximum Gasteiger partial charge on any atom is 0.415 e. The van der Waals surface area contributed by atoms with E-state index in [9.17, 15) is 13.2 Å². The molecule has 104 valence electrons. The number of likely N-dealkylation sites (tertiary alicyclic amines) is 1. The number of nitrogens with zero attached hydrogens (tertiary/aromatic N) is 1. The van der Waals surface area contributed by atoms with Crippen LogP contribution in [-0.2, 0) is 10.0 Å². The Kier molecular flexibility index (Phi) is 4.06. The van der Waals surface area contributed by atoms with Crippen LogP contribution in [-0.4, -0.2) is 37.8 Å². The molecule has 1 amide bonds. The van der Waals surface area contributed by atoms with Crippen molar-refractivity contribution >= 4 is 16.1 Å². The number of primary sulfonamides is 1. The topological polar surface area (TPSA) is 89.7 Å². The molecule has 1 fully saturated rings. The molecule has 1 aliphatic rings. The zero-order chi connectivity index (χ0) is 13.9. The van der Waals surface area contributed by atoms with Crippen molar-refractivity contribution in [2.24, 2.45) is 5.14 Å². The van der Waals surface area contributed by atoms with Gasteiger partial charge in [-0.05, 0) is 25.0 Å². The van der Waals surface area contributed by atoms with Crippen molar-refractivity contribution in [1.82, 2.24) is 4.90 Å². The van der Waals surface area contributed by atoms with Crippen LogP contribution in [0.5, 0.6) is 5.75 Å². The molecule has 7 heteroatoms. The van der Waals surface area contributed by atoms with E-state index in [4.69, 9.17) is 9.88 Å². The lowest BCUT2D eigenvalue weighted by Gasteiger charge is -2.30. The first-order valence-electron chi connectivity index (χ1n) is 6.00. The van der Waals surface area contributed by atoms with Crippen molar-refractivity contribution in [3.63, 3.8) is 0 Å². The van der Waals surface area contributed by atoms with Crippen LogP contribution in [0.1, 0.15) is 12.8 Å². The van der Waals surface area contributed by atoms with E-state index < -0.39 is 21.4 Å². The van der Waals surface area contributed by atoms with E-state index >= 15 is 0 Å². The maximum absolute atomic E-state index is 11.9. The average Bonchev–Trinajstić information content (AvgIpc) is 2.39. The number of ether oxygens (including phenoxy) is 1. The number of benzene rings is 1. The Morgan fingerprint density at radius 2 is 2.00 bits per heavy atom. The molecule has 19 heavy (non-hydrogen) atoms. The van der Waals surface area contributed by atoms with E-state index in [2.05, 4.69) is 0 Å². The third-order valence-corrected chi connectivity index (χ3v) is 4.36. The molecule has 0 bridgehead atoms. The van der Waals surface area contributed by atoms with Gasteiger partial charge >= 0.3 is 6.09 Å². The van der Waals surface area contributed by atoms with E-state index in [0.717, 1.165) is 0 Å². The maximum atomic E-state index is 11.9. The van der Waals surface area contributed by atoms with Gasteiger partial charge in [0.05, 0.1) is 5.25 Å². The lowest BCUT2D eigenvalue weighted by molar-refractivity contribution is 0.143. The standard InChI is InChI=1S/C12H16N2O4S/c13-19(16,17)11-7-4-8-14(9-11)12(15)18-10-5-2-1-3-6-10/h1-3,5-6,11H,4,7-9H2,(H2,13,16,17). The molecule has 0 spiro atoms. The first-order valence-corrected chi connectivity index (χ1v) is 7.61. The number of sulfonamides is 1. The molecular weight excluding hydrogens is 268 g/mol. The zero-order valence-electron chi connectivity index (χ0n) is 10.4. The fraction of sp³-hybridized carbons (Fsp3) is 0.417. The van der Waals surface area contributed by atoms with Gasteiger partial charge in [0.25, 0.3) is 0 Å². The SMILES string of the molecule is NS(=O)(=O)C1CCCN(C(=O)Oc2ccccc2)C1. The second kappa shape index (κ2) is 5.58. The van der Waals surface area contributed by atoms with Crippen LogP contribution in [0.25, 0.3) is 0 Å². The molecule has 1 aliphatic heterocycles. The monoisotopic (exact) mass is 284 g/mol. The average molecular weight is 284 g/mol. The lowest BCUT2D eigenvalue weighted by Crippen LogP contribution is -2.47. The minimum Gasteiger partial charge on any atom is -0.410 e. The van der Waals surface area contributed by atoms with Crippen LogP contribution < -0.4 is 9.88 Å². The molecule has 1 atom stereocenters. The van der Waals surface area contributed by atoms with Crippen molar-refractivity contribution < 1.29 is 17.9 Å². The van der Waals surface area contributed by atoms with Gasteiger partial charge in [-0.25, -0.2) is 18.4 Å². The van der Waals surface area contributed by atoms with E-state index in [1.165, 1.54) is 4.90 Å². The summed E-state index contributed by atoms with van der Waals surface area (Å²) in [6.07, 6.45) is 0.540. The molecule has 0 saturated carbocycles. The number of hydrogen-bond acceptors (Lipinski definition) is 4. The van der Waals surface area contributed by atoms with E-state index in [-0.39, 0.29) is 6.54 Å². The Hall–Kier alpha value is -1.60. The lowest BCUT2D eigenvalue weighted by atomic mass is 10.1. The largest absolute Gasteiger partial charge is 0.415 e. The summed E-state index contributed by atoms with van der Waals surface area (Å²) in [5.74, 6) is 0.435. The van der Waals surface area contributed by atoms with Crippen LogP contribution in [0.2, 0.25) is 0 Å². The zero-order valence-corrected chi connectivity index (χ0v) is 11.2. The first kappa shape index (κ1) is 13.8. The molecule has 1 aromatic carbocycles. The highest BCUT2D eigenvalue weighted by Gasteiger charge is 2.31. The Morgan fingerprint density at radius 3 is 2.63 bits per heavy atom. The van der Waals surface area contributed by atoms with Gasteiger partial charge in [0.1, 0.15) is 5.75 Å². The third-order valence-electron chi connectivity index (χ3n) is 3.05. The van der Waals surface area contributed by atoms with Gasteiger partial charge < -0.3 is 9.64 Å². The number of carbonyl (C=O) groups is 1. The van der Waals surface area contributed by atoms with Gasteiger partial charge in [-0.15, -0.1) is 0 Å². The van der Waals surface area contributed by atoms with Gasteiger partial charge in [0.15, 0.2) is 0 Å². The summed E-state index contributed by atoms with van der Waals surface area (Å²) >= 11 is 0. The van der Waals surface area contributed by atoms with Gasteiger partial charge in [0, 0.05) is 13.1 Å². The van der Waals surface area contributed by atoms with Gasteiger partial charge in [-0.2, -0.15) is 0 Å². The minimum absolute atomic E-state index is 0.0878. The summed E-state index contributed by atoms with van der Waals surface area (Å²) in [6, 6.07) is 8.66. The van der Waals surface area contributed by atoms with Crippen LogP contribution in [0, 0.1) is 0 Å².